The number of nitrogens with zero attached hydrogens (tertiary/aromatic N) is 5. The molecule has 4 heterocycles. The highest BCUT2D eigenvalue weighted by molar-refractivity contribution is 6.11. The summed E-state index contributed by atoms with van der Waals surface area (Å²) in [5, 5.41) is 14.7. The van der Waals surface area contributed by atoms with Crippen LogP contribution in [0, 0.1) is 5.41 Å². The molecule has 10 nitrogen and oxygen atoms in total. The van der Waals surface area contributed by atoms with Gasteiger partial charge in [-0.05, 0) is 43.0 Å². The summed E-state index contributed by atoms with van der Waals surface area (Å²) in [4.78, 5) is 24.2. The van der Waals surface area contributed by atoms with Gasteiger partial charge in [-0.2, -0.15) is 5.10 Å². The fourth-order valence-electron chi connectivity index (χ4n) is 4.06. The number of carbonyl (C=O) groups excluding carboxylic acids is 1. The SMILES string of the molecule is C=Cc1cnc(OC)c([C@H]2CCCN2c2ccn3ncc(C(=O)NC(=N)C=C(N)CC)c3n2)c1. The molecular formula is C24H28N8O2. The summed E-state index contributed by atoms with van der Waals surface area (Å²) < 4.78 is 7.07. The van der Waals surface area contributed by atoms with Crippen molar-refractivity contribution in [3.63, 3.8) is 0 Å². The van der Waals surface area contributed by atoms with Crippen LogP contribution in [-0.4, -0.2) is 45.0 Å². The average Bonchev–Trinajstić information content (AvgIpc) is 3.50. The Bertz CT molecular complexity index is 1280. The molecule has 0 aromatic carbocycles. The van der Waals surface area contributed by atoms with Gasteiger partial charge >= 0.3 is 0 Å². The van der Waals surface area contributed by atoms with Crippen LogP contribution in [0.2, 0.25) is 0 Å². The summed E-state index contributed by atoms with van der Waals surface area (Å²) in [6.07, 6.45) is 10.6. The lowest BCUT2D eigenvalue weighted by atomic mass is 10.0. The van der Waals surface area contributed by atoms with E-state index in [-0.39, 0.29) is 17.4 Å². The third-order valence-corrected chi connectivity index (χ3v) is 5.82. The number of pyridine rings is 1. The Hall–Kier alpha value is -4.21. The van der Waals surface area contributed by atoms with E-state index in [2.05, 4.69) is 26.9 Å². The Kier molecular flexibility index (Phi) is 6.58. The van der Waals surface area contributed by atoms with Crippen molar-refractivity contribution >= 4 is 29.3 Å². The zero-order valence-corrected chi connectivity index (χ0v) is 19.3. The largest absolute Gasteiger partial charge is 0.481 e. The third-order valence-electron chi connectivity index (χ3n) is 5.82. The number of amidine groups is 1. The summed E-state index contributed by atoms with van der Waals surface area (Å²) in [6.45, 7) is 6.53. The Balaban J connectivity index is 1.66. The van der Waals surface area contributed by atoms with Crippen LogP contribution < -0.4 is 20.7 Å². The van der Waals surface area contributed by atoms with Crippen molar-refractivity contribution in [3.05, 3.63) is 65.8 Å². The molecule has 1 aliphatic rings. The summed E-state index contributed by atoms with van der Waals surface area (Å²) in [7, 11) is 1.61. The molecule has 0 bridgehead atoms. The zero-order chi connectivity index (χ0) is 24.2. The normalized spacial score (nSPS) is 16.0. The number of nitrogens with one attached hydrogen (secondary N) is 2. The lowest BCUT2D eigenvalue weighted by molar-refractivity contribution is 0.0978. The van der Waals surface area contributed by atoms with Gasteiger partial charge in [0.25, 0.3) is 5.91 Å². The summed E-state index contributed by atoms with van der Waals surface area (Å²) in [5.74, 6) is 0.750. The number of nitrogens with two attached hydrogens (primary N) is 1. The van der Waals surface area contributed by atoms with Gasteiger partial charge in [0.05, 0.1) is 19.3 Å². The maximum absolute atomic E-state index is 12.8. The molecule has 1 fully saturated rings. The molecule has 1 aliphatic heterocycles. The predicted octanol–water partition coefficient (Wildman–Crippen LogP) is 3.08. The molecular weight excluding hydrogens is 432 g/mol. The van der Waals surface area contributed by atoms with Crippen molar-refractivity contribution in [1.82, 2.24) is 24.9 Å². The summed E-state index contributed by atoms with van der Waals surface area (Å²) in [6, 6.07) is 3.94. The zero-order valence-electron chi connectivity index (χ0n) is 19.3. The highest BCUT2D eigenvalue weighted by atomic mass is 16.5. The molecule has 1 atom stereocenters. The second-order valence-electron chi connectivity index (χ2n) is 7.98. The maximum atomic E-state index is 12.8. The van der Waals surface area contributed by atoms with E-state index in [1.165, 1.54) is 12.3 Å². The van der Waals surface area contributed by atoms with E-state index >= 15 is 0 Å². The van der Waals surface area contributed by atoms with Gasteiger partial charge in [0.1, 0.15) is 17.2 Å². The fraction of sp³-hybridized carbons (Fsp3) is 0.292. The van der Waals surface area contributed by atoms with Gasteiger partial charge in [0.15, 0.2) is 5.65 Å². The molecule has 4 rings (SSSR count). The second kappa shape index (κ2) is 9.74. The number of aromatic nitrogens is 4. The minimum absolute atomic E-state index is 0.0211. The van der Waals surface area contributed by atoms with Crippen molar-refractivity contribution in [2.45, 2.75) is 32.2 Å². The van der Waals surface area contributed by atoms with Gasteiger partial charge in [-0.25, -0.2) is 14.5 Å². The monoisotopic (exact) mass is 460 g/mol. The van der Waals surface area contributed by atoms with Crippen molar-refractivity contribution in [1.29, 1.82) is 5.41 Å². The van der Waals surface area contributed by atoms with Crippen LogP contribution in [-0.2, 0) is 0 Å². The van der Waals surface area contributed by atoms with Crippen molar-refractivity contribution in [3.8, 4) is 5.88 Å². The number of allylic oxidation sites excluding steroid dienone is 1. The molecule has 0 radical (unpaired) electrons. The first kappa shape index (κ1) is 23.0. The molecule has 34 heavy (non-hydrogen) atoms. The van der Waals surface area contributed by atoms with Crippen LogP contribution in [0.1, 0.15) is 53.7 Å². The van der Waals surface area contributed by atoms with Crippen molar-refractivity contribution < 1.29 is 9.53 Å². The smallest absolute Gasteiger partial charge is 0.262 e. The fourth-order valence-corrected chi connectivity index (χ4v) is 4.06. The van der Waals surface area contributed by atoms with E-state index in [4.69, 9.17) is 20.9 Å². The van der Waals surface area contributed by atoms with Gasteiger partial charge in [-0.15, -0.1) is 0 Å². The summed E-state index contributed by atoms with van der Waals surface area (Å²) >= 11 is 0. The Morgan fingerprint density at radius 2 is 2.26 bits per heavy atom. The van der Waals surface area contributed by atoms with Crippen molar-refractivity contribution in [2.75, 3.05) is 18.6 Å². The van der Waals surface area contributed by atoms with Crippen LogP contribution in [0.25, 0.3) is 11.7 Å². The minimum atomic E-state index is -0.465. The molecule has 0 spiro atoms. The first-order chi connectivity index (χ1) is 16.4. The standard InChI is InChI=1S/C24H28N8O2/c1-4-15-11-17(24(34-3)27-13-15)19-7-6-9-31(19)21-8-10-32-22(30-21)18(14-28-32)23(33)29-20(26)12-16(25)5-2/h4,8,10-14,19H,1,5-7,9,25H2,2-3H3,(H2,26,29,33)/t19-/m1/s1. The summed E-state index contributed by atoms with van der Waals surface area (Å²) in [5.41, 5.74) is 8.85. The number of ether oxygens (including phenoxy) is 1. The number of hydrogen-bond donors (Lipinski definition) is 3. The van der Waals surface area contributed by atoms with Crippen LogP contribution in [0.4, 0.5) is 5.82 Å². The van der Waals surface area contributed by atoms with Gasteiger partial charge in [0.2, 0.25) is 5.88 Å². The van der Waals surface area contributed by atoms with E-state index in [1.807, 2.05) is 19.1 Å². The van der Waals surface area contributed by atoms with E-state index in [0.29, 0.717) is 23.6 Å². The number of hydrogen-bond acceptors (Lipinski definition) is 8. The van der Waals surface area contributed by atoms with Crippen molar-refractivity contribution in [2.24, 2.45) is 5.73 Å². The Labute approximate surface area is 197 Å². The molecule has 0 saturated carbocycles. The van der Waals surface area contributed by atoms with Gasteiger partial charge < -0.3 is 20.7 Å². The van der Waals surface area contributed by atoms with E-state index in [9.17, 15) is 4.79 Å². The topological polar surface area (TPSA) is 135 Å². The number of anilines is 1. The first-order valence-corrected chi connectivity index (χ1v) is 11.1. The number of rotatable bonds is 7. The number of carbonyl (C=O) groups is 1. The Morgan fingerprint density at radius 3 is 3.00 bits per heavy atom. The van der Waals surface area contributed by atoms with Crippen LogP contribution >= 0.6 is 0 Å². The minimum Gasteiger partial charge on any atom is -0.481 e. The third kappa shape index (κ3) is 4.47. The lowest BCUT2D eigenvalue weighted by Crippen LogP contribution is -2.29. The van der Waals surface area contributed by atoms with Crippen LogP contribution in [0.15, 0.2) is 49.1 Å². The molecule has 176 valence electrons. The van der Waals surface area contributed by atoms with Crippen LogP contribution in [0.5, 0.6) is 5.88 Å². The van der Waals surface area contributed by atoms with E-state index in [1.54, 1.807) is 30.1 Å². The van der Waals surface area contributed by atoms with Gasteiger partial charge in [-0.3, -0.25) is 10.2 Å². The molecule has 3 aromatic rings. The molecule has 3 aromatic heterocycles. The number of fused-ring (bicyclic) bond motifs is 1. The molecule has 1 amide bonds. The molecule has 4 N–H and O–H groups in total. The molecule has 0 aliphatic carbocycles. The second-order valence-corrected chi connectivity index (χ2v) is 7.98. The molecule has 10 heteroatoms. The van der Waals surface area contributed by atoms with E-state index in [0.717, 1.165) is 36.3 Å². The Morgan fingerprint density at radius 1 is 1.44 bits per heavy atom. The van der Waals surface area contributed by atoms with E-state index < -0.39 is 5.91 Å². The first-order valence-electron chi connectivity index (χ1n) is 11.1. The molecule has 1 saturated heterocycles. The van der Waals surface area contributed by atoms with Gasteiger partial charge in [-0.1, -0.05) is 19.6 Å². The number of amides is 1. The quantitative estimate of drug-likeness (QED) is 0.364. The molecule has 0 unspecified atom stereocenters. The highest BCUT2D eigenvalue weighted by Gasteiger charge is 2.30. The maximum Gasteiger partial charge on any atom is 0.262 e. The van der Waals surface area contributed by atoms with Gasteiger partial charge in [0, 0.05) is 30.2 Å². The lowest BCUT2D eigenvalue weighted by Gasteiger charge is -2.27. The van der Waals surface area contributed by atoms with Crippen LogP contribution in [0.3, 0.4) is 0 Å². The highest BCUT2D eigenvalue weighted by Crippen LogP contribution is 2.39. The number of methoxy groups -OCH3 is 1. The average molecular weight is 461 g/mol. The predicted molar refractivity (Wildman–Crippen MR) is 131 cm³/mol.